The Kier molecular flexibility index (Phi) is 3.19. The molecule has 1 saturated carbocycles. The van der Waals surface area contributed by atoms with E-state index in [1.54, 1.807) is 6.20 Å². The van der Waals surface area contributed by atoms with Crippen molar-refractivity contribution in [1.29, 1.82) is 0 Å². The maximum absolute atomic E-state index is 12.0. The number of anilines is 1. The van der Waals surface area contributed by atoms with E-state index < -0.39 is 0 Å². The number of amides is 1. The Morgan fingerprint density at radius 3 is 3.05 bits per heavy atom. The summed E-state index contributed by atoms with van der Waals surface area (Å²) in [6, 6.07) is 0. The number of fused-ring (bicyclic) bond motifs is 1. The molecule has 7 nitrogen and oxygen atoms in total. The van der Waals surface area contributed by atoms with Crippen LogP contribution < -0.4 is 5.32 Å². The van der Waals surface area contributed by atoms with Gasteiger partial charge in [-0.25, -0.2) is 4.98 Å². The van der Waals surface area contributed by atoms with Gasteiger partial charge in [0.1, 0.15) is 11.6 Å². The van der Waals surface area contributed by atoms with Gasteiger partial charge in [0.25, 0.3) is 0 Å². The molecule has 1 fully saturated rings. The molecular weight excluding hydrogens is 288 g/mol. The predicted octanol–water partition coefficient (Wildman–Crippen LogP) is 1.07. The summed E-state index contributed by atoms with van der Waals surface area (Å²) in [5.74, 6) is 2.70. The lowest BCUT2D eigenvalue weighted by atomic mass is 10.3. The van der Waals surface area contributed by atoms with E-state index in [0.717, 1.165) is 24.7 Å². The normalized spacial score (nSPS) is 18.5. The molecule has 2 aromatic rings. The largest absolute Gasteiger partial charge is 0.312 e. The molecule has 0 atom stereocenters. The molecule has 2 aliphatic rings. The minimum Gasteiger partial charge on any atom is -0.312 e. The van der Waals surface area contributed by atoms with E-state index in [0.29, 0.717) is 24.1 Å². The van der Waals surface area contributed by atoms with Gasteiger partial charge in [-0.1, -0.05) is 0 Å². The number of hydrogen-bond acceptors (Lipinski definition) is 6. The Bertz CT molecular complexity index is 648. The molecule has 4 rings (SSSR count). The molecule has 0 bridgehead atoms. The minimum atomic E-state index is -0.0275. The first-order valence-corrected chi connectivity index (χ1v) is 8.01. The Balaban J connectivity index is 1.38. The van der Waals surface area contributed by atoms with Gasteiger partial charge in [-0.2, -0.15) is 0 Å². The topological polar surface area (TPSA) is 75.9 Å². The third-order valence-corrected chi connectivity index (χ3v) is 4.54. The fourth-order valence-corrected chi connectivity index (χ4v) is 3.20. The van der Waals surface area contributed by atoms with E-state index in [9.17, 15) is 4.79 Å². The van der Waals surface area contributed by atoms with E-state index in [1.165, 1.54) is 24.2 Å². The average Bonchev–Trinajstić information content (AvgIpc) is 3.02. The summed E-state index contributed by atoms with van der Waals surface area (Å²) in [4.78, 5) is 18.1. The maximum Gasteiger partial charge on any atom is 0.240 e. The van der Waals surface area contributed by atoms with E-state index >= 15 is 0 Å². The van der Waals surface area contributed by atoms with Crippen LogP contribution in [0.15, 0.2) is 11.6 Å². The molecular formula is C13H16N6OS. The lowest BCUT2D eigenvalue weighted by molar-refractivity contribution is -0.117. The van der Waals surface area contributed by atoms with Crippen LogP contribution in [0.2, 0.25) is 0 Å². The molecule has 0 radical (unpaired) electrons. The van der Waals surface area contributed by atoms with Crippen molar-refractivity contribution in [3.05, 3.63) is 23.2 Å². The van der Waals surface area contributed by atoms with Crippen LogP contribution in [0.5, 0.6) is 0 Å². The van der Waals surface area contributed by atoms with Crippen molar-refractivity contribution in [2.45, 2.75) is 31.8 Å². The van der Waals surface area contributed by atoms with Gasteiger partial charge < -0.3 is 9.88 Å². The zero-order chi connectivity index (χ0) is 14.2. The number of nitrogens with one attached hydrogen (secondary N) is 1. The molecule has 110 valence electrons. The van der Waals surface area contributed by atoms with Crippen molar-refractivity contribution >= 4 is 22.4 Å². The highest BCUT2D eigenvalue weighted by atomic mass is 32.1. The molecule has 0 aromatic carbocycles. The highest BCUT2D eigenvalue weighted by Gasteiger charge is 2.32. The number of thiazole rings is 1. The highest BCUT2D eigenvalue weighted by Crippen LogP contribution is 2.39. The second-order valence-corrected chi connectivity index (χ2v) is 6.39. The van der Waals surface area contributed by atoms with Gasteiger partial charge in [-0.3, -0.25) is 9.69 Å². The standard InChI is InChI=1S/C13H16N6OS/c20-11(15-13-14-3-6-21-13)8-18-4-5-19-10(7-18)16-17-12(19)9-1-2-9/h3,6,9H,1-2,4-5,7-8H2,(H,14,15,20). The van der Waals surface area contributed by atoms with Crippen LogP contribution >= 0.6 is 11.3 Å². The van der Waals surface area contributed by atoms with Crippen molar-refractivity contribution in [2.75, 3.05) is 18.4 Å². The van der Waals surface area contributed by atoms with E-state index in [1.807, 2.05) is 5.38 Å². The summed E-state index contributed by atoms with van der Waals surface area (Å²) >= 11 is 1.43. The number of nitrogens with zero attached hydrogens (tertiary/aromatic N) is 5. The predicted molar refractivity (Wildman–Crippen MR) is 78.0 cm³/mol. The molecule has 0 unspecified atom stereocenters. The lowest BCUT2D eigenvalue weighted by Crippen LogP contribution is -2.39. The molecule has 1 aliphatic heterocycles. The first-order valence-electron chi connectivity index (χ1n) is 7.13. The number of carbonyl (C=O) groups is 1. The molecule has 0 spiro atoms. The molecule has 1 aliphatic carbocycles. The van der Waals surface area contributed by atoms with Crippen LogP contribution in [0.25, 0.3) is 0 Å². The van der Waals surface area contributed by atoms with Crippen LogP contribution in [0.1, 0.15) is 30.4 Å². The van der Waals surface area contributed by atoms with Crippen molar-refractivity contribution in [1.82, 2.24) is 24.6 Å². The number of hydrogen-bond donors (Lipinski definition) is 1. The third-order valence-electron chi connectivity index (χ3n) is 3.85. The number of carbonyl (C=O) groups excluding carboxylic acids is 1. The van der Waals surface area contributed by atoms with Crippen LogP contribution in [0.4, 0.5) is 5.13 Å². The zero-order valence-corrected chi connectivity index (χ0v) is 12.3. The Hall–Kier alpha value is -1.80. The van der Waals surface area contributed by atoms with Gasteiger partial charge in [0, 0.05) is 30.6 Å². The Morgan fingerprint density at radius 1 is 1.38 bits per heavy atom. The number of aromatic nitrogens is 4. The SMILES string of the molecule is O=C(CN1CCn2c(nnc2C2CC2)C1)Nc1nccs1. The fourth-order valence-electron chi connectivity index (χ4n) is 2.66. The molecule has 8 heteroatoms. The summed E-state index contributed by atoms with van der Waals surface area (Å²) in [5, 5.41) is 13.9. The van der Waals surface area contributed by atoms with Gasteiger partial charge in [-0.05, 0) is 12.8 Å². The first-order chi connectivity index (χ1) is 10.3. The van der Waals surface area contributed by atoms with E-state index in [4.69, 9.17) is 0 Å². The lowest BCUT2D eigenvalue weighted by Gasteiger charge is -2.26. The van der Waals surface area contributed by atoms with Crippen LogP contribution in [0.3, 0.4) is 0 Å². The molecule has 0 saturated heterocycles. The van der Waals surface area contributed by atoms with Crippen molar-refractivity contribution < 1.29 is 4.79 Å². The summed E-state index contributed by atoms with van der Waals surface area (Å²) in [6.45, 7) is 2.78. The zero-order valence-electron chi connectivity index (χ0n) is 11.5. The molecule has 2 aromatic heterocycles. The summed E-state index contributed by atoms with van der Waals surface area (Å²) in [7, 11) is 0. The van der Waals surface area contributed by atoms with Crippen LogP contribution in [0, 0.1) is 0 Å². The Labute approximate surface area is 126 Å². The summed E-state index contributed by atoms with van der Waals surface area (Å²) < 4.78 is 2.23. The van der Waals surface area contributed by atoms with Gasteiger partial charge in [0.05, 0.1) is 13.1 Å². The maximum atomic E-state index is 12.0. The summed E-state index contributed by atoms with van der Waals surface area (Å²) in [5.41, 5.74) is 0. The smallest absolute Gasteiger partial charge is 0.240 e. The fraction of sp³-hybridized carbons (Fsp3) is 0.538. The quantitative estimate of drug-likeness (QED) is 0.914. The van der Waals surface area contributed by atoms with Crippen LogP contribution in [-0.4, -0.2) is 43.6 Å². The summed E-state index contributed by atoms with van der Waals surface area (Å²) in [6.07, 6.45) is 4.15. The number of rotatable bonds is 4. The van der Waals surface area contributed by atoms with Gasteiger partial charge >= 0.3 is 0 Å². The highest BCUT2D eigenvalue weighted by molar-refractivity contribution is 7.13. The average molecular weight is 304 g/mol. The van der Waals surface area contributed by atoms with Crippen molar-refractivity contribution in [3.8, 4) is 0 Å². The Morgan fingerprint density at radius 2 is 2.29 bits per heavy atom. The molecule has 21 heavy (non-hydrogen) atoms. The third kappa shape index (κ3) is 2.68. The van der Waals surface area contributed by atoms with Crippen molar-refractivity contribution in [2.24, 2.45) is 0 Å². The van der Waals surface area contributed by atoms with Gasteiger partial charge in [-0.15, -0.1) is 21.5 Å². The monoisotopic (exact) mass is 304 g/mol. The van der Waals surface area contributed by atoms with Gasteiger partial charge in [0.2, 0.25) is 5.91 Å². The van der Waals surface area contributed by atoms with Crippen LogP contribution in [-0.2, 0) is 17.9 Å². The van der Waals surface area contributed by atoms with Crippen molar-refractivity contribution in [3.63, 3.8) is 0 Å². The van der Waals surface area contributed by atoms with Gasteiger partial charge in [0.15, 0.2) is 5.13 Å². The molecule has 3 heterocycles. The molecule has 1 N–H and O–H groups in total. The van der Waals surface area contributed by atoms with E-state index in [2.05, 4.69) is 30.0 Å². The second-order valence-electron chi connectivity index (χ2n) is 5.50. The molecule has 1 amide bonds. The first kappa shape index (κ1) is 12.9. The second kappa shape index (κ2) is 5.19. The van der Waals surface area contributed by atoms with E-state index in [-0.39, 0.29) is 5.91 Å². The minimum absolute atomic E-state index is 0.0275.